The lowest BCUT2D eigenvalue weighted by Gasteiger charge is -2.18. The highest BCUT2D eigenvalue weighted by molar-refractivity contribution is 6.07. The maximum Gasteiger partial charge on any atom is 0.259 e. The van der Waals surface area contributed by atoms with Gasteiger partial charge in [-0.05, 0) is 42.3 Å². The van der Waals surface area contributed by atoms with E-state index in [9.17, 15) is 9.90 Å². The van der Waals surface area contributed by atoms with Gasteiger partial charge in [0, 0.05) is 18.4 Å². The summed E-state index contributed by atoms with van der Waals surface area (Å²) in [5.41, 5.74) is 2.69. The molecule has 26 heavy (non-hydrogen) atoms. The number of nitrogens with one attached hydrogen (secondary N) is 1. The number of rotatable bonds is 5. The minimum atomic E-state index is -0.385. The zero-order valence-electron chi connectivity index (χ0n) is 14.1. The molecule has 0 aliphatic carbocycles. The Labute approximate surface area is 151 Å². The summed E-state index contributed by atoms with van der Waals surface area (Å²) in [5.74, 6) is 1.14. The van der Waals surface area contributed by atoms with E-state index < -0.39 is 0 Å². The van der Waals surface area contributed by atoms with E-state index in [4.69, 9.17) is 4.42 Å². The summed E-state index contributed by atoms with van der Waals surface area (Å²) in [6, 6.07) is 14.6. The van der Waals surface area contributed by atoms with E-state index >= 15 is 0 Å². The molecule has 0 bridgehead atoms. The van der Waals surface area contributed by atoms with Crippen molar-refractivity contribution in [3.8, 4) is 0 Å². The number of carbonyl (C=O) groups excluding carboxylic acids is 1. The zero-order chi connectivity index (χ0) is 17.9. The molecule has 1 amide bonds. The first-order chi connectivity index (χ1) is 12.8. The topological polar surface area (TPSA) is 78.6 Å². The molecule has 0 radical (unpaired) electrons. The monoisotopic (exact) mass is 349 g/mol. The third-order valence-corrected chi connectivity index (χ3v) is 4.53. The fraction of sp³-hybridized carbons (Fsp3) is 0.200. The number of amides is 1. The van der Waals surface area contributed by atoms with Crippen molar-refractivity contribution in [2.45, 2.75) is 12.5 Å². The summed E-state index contributed by atoms with van der Waals surface area (Å²) < 4.78 is 5.31. The number of nitrogens with zero attached hydrogens (tertiary/aromatic N) is 2. The van der Waals surface area contributed by atoms with Crippen molar-refractivity contribution in [3.63, 3.8) is 0 Å². The molecule has 6 heteroatoms. The molecule has 2 N–H and O–H groups in total. The van der Waals surface area contributed by atoms with Gasteiger partial charge in [0.05, 0.1) is 18.4 Å². The van der Waals surface area contributed by atoms with Gasteiger partial charge < -0.3 is 19.7 Å². The van der Waals surface area contributed by atoms with Crippen molar-refractivity contribution in [1.29, 1.82) is 0 Å². The van der Waals surface area contributed by atoms with Gasteiger partial charge in [-0.3, -0.25) is 4.79 Å². The van der Waals surface area contributed by atoms with Crippen LogP contribution in [0.4, 0.5) is 11.5 Å². The SMILES string of the molecule is O=C(c1ccc(N[C@@H](CO)c2ccco2)nc1)N1CCc2ccccc21. The maximum atomic E-state index is 12.8. The minimum Gasteiger partial charge on any atom is -0.467 e. The normalized spacial score (nSPS) is 14.1. The van der Waals surface area contributed by atoms with Crippen LogP contribution in [-0.2, 0) is 6.42 Å². The minimum absolute atomic E-state index is 0.0567. The third-order valence-electron chi connectivity index (χ3n) is 4.53. The van der Waals surface area contributed by atoms with Gasteiger partial charge in [0.15, 0.2) is 0 Å². The molecule has 0 saturated carbocycles. The smallest absolute Gasteiger partial charge is 0.259 e. The lowest BCUT2D eigenvalue weighted by Crippen LogP contribution is -2.29. The second-order valence-electron chi connectivity index (χ2n) is 6.16. The summed E-state index contributed by atoms with van der Waals surface area (Å²) in [7, 11) is 0. The van der Waals surface area contributed by atoms with Crippen molar-refractivity contribution in [3.05, 3.63) is 77.9 Å². The molecule has 2 aromatic heterocycles. The molecule has 0 fully saturated rings. The Bertz CT molecular complexity index is 891. The van der Waals surface area contributed by atoms with E-state index in [1.54, 1.807) is 41.6 Å². The molecule has 1 aromatic carbocycles. The number of aliphatic hydroxyl groups is 1. The number of furan rings is 1. The van der Waals surface area contributed by atoms with Crippen molar-refractivity contribution >= 4 is 17.4 Å². The molecule has 1 atom stereocenters. The largest absolute Gasteiger partial charge is 0.467 e. The molecular weight excluding hydrogens is 330 g/mol. The summed E-state index contributed by atoms with van der Waals surface area (Å²) >= 11 is 0. The fourth-order valence-corrected chi connectivity index (χ4v) is 3.19. The summed E-state index contributed by atoms with van der Waals surface area (Å²) in [5, 5.41) is 12.6. The van der Waals surface area contributed by atoms with Crippen LogP contribution in [0.25, 0.3) is 0 Å². The number of para-hydroxylation sites is 1. The number of hydrogen-bond acceptors (Lipinski definition) is 5. The molecule has 132 valence electrons. The van der Waals surface area contributed by atoms with Crippen LogP contribution in [0.1, 0.15) is 27.7 Å². The quantitative estimate of drug-likeness (QED) is 0.740. The second-order valence-corrected chi connectivity index (χ2v) is 6.16. The van der Waals surface area contributed by atoms with Crippen LogP contribution < -0.4 is 10.2 Å². The van der Waals surface area contributed by atoms with E-state index in [2.05, 4.69) is 16.4 Å². The van der Waals surface area contributed by atoms with E-state index in [0.717, 1.165) is 12.1 Å². The summed E-state index contributed by atoms with van der Waals surface area (Å²) in [6.45, 7) is 0.559. The molecule has 1 aliphatic heterocycles. The Morgan fingerprint density at radius 3 is 2.85 bits per heavy atom. The number of benzene rings is 1. The third kappa shape index (κ3) is 3.07. The van der Waals surface area contributed by atoms with Crippen LogP contribution in [0.5, 0.6) is 0 Å². The Morgan fingerprint density at radius 1 is 1.23 bits per heavy atom. The molecule has 0 spiro atoms. The molecule has 4 rings (SSSR count). The van der Waals surface area contributed by atoms with Gasteiger partial charge in [0.1, 0.15) is 17.6 Å². The number of aromatic nitrogens is 1. The first-order valence-electron chi connectivity index (χ1n) is 8.53. The molecular formula is C20H19N3O3. The van der Waals surface area contributed by atoms with E-state index in [1.165, 1.54) is 5.56 Å². The number of aliphatic hydroxyl groups excluding tert-OH is 1. The predicted octanol–water partition coefficient (Wildman–Crippen LogP) is 3.02. The van der Waals surface area contributed by atoms with Gasteiger partial charge in [-0.1, -0.05) is 18.2 Å². The zero-order valence-corrected chi connectivity index (χ0v) is 14.1. The average molecular weight is 349 g/mol. The molecule has 0 saturated heterocycles. The van der Waals surface area contributed by atoms with E-state index in [0.29, 0.717) is 23.7 Å². The van der Waals surface area contributed by atoms with Gasteiger partial charge in [0.2, 0.25) is 0 Å². The first kappa shape index (κ1) is 16.4. The van der Waals surface area contributed by atoms with Gasteiger partial charge in [-0.2, -0.15) is 0 Å². The highest BCUT2D eigenvalue weighted by Gasteiger charge is 2.25. The lowest BCUT2D eigenvalue weighted by atomic mass is 10.2. The Hall–Kier alpha value is -3.12. The first-order valence-corrected chi connectivity index (χ1v) is 8.53. The Balaban J connectivity index is 1.49. The van der Waals surface area contributed by atoms with Gasteiger partial charge in [0.25, 0.3) is 5.91 Å². The van der Waals surface area contributed by atoms with Crippen molar-refractivity contribution in [2.24, 2.45) is 0 Å². The van der Waals surface area contributed by atoms with Crippen molar-refractivity contribution in [2.75, 3.05) is 23.4 Å². The van der Waals surface area contributed by atoms with E-state index in [-0.39, 0.29) is 18.6 Å². The molecule has 3 heterocycles. The second kappa shape index (κ2) is 7.01. The van der Waals surface area contributed by atoms with Crippen LogP contribution in [0.3, 0.4) is 0 Å². The molecule has 3 aromatic rings. The maximum absolute atomic E-state index is 12.8. The number of hydrogen-bond donors (Lipinski definition) is 2. The lowest BCUT2D eigenvalue weighted by molar-refractivity contribution is 0.0989. The summed E-state index contributed by atoms with van der Waals surface area (Å²) in [4.78, 5) is 18.9. The highest BCUT2D eigenvalue weighted by atomic mass is 16.3. The van der Waals surface area contributed by atoms with Crippen molar-refractivity contribution < 1.29 is 14.3 Å². The van der Waals surface area contributed by atoms with Crippen molar-refractivity contribution in [1.82, 2.24) is 4.98 Å². The van der Waals surface area contributed by atoms with Crippen LogP contribution in [0.15, 0.2) is 65.4 Å². The Kier molecular flexibility index (Phi) is 4.41. The van der Waals surface area contributed by atoms with Crippen LogP contribution in [0.2, 0.25) is 0 Å². The predicted molar refractivity (Wildman–Crippen MR) is 98.2 cm³/mol. The van der Waals surface area contributed by atoms with Crippen LogP contribution in [-0.4, -0.2) is 29.1 Å². The highest BCUT2D eigenvalue weighted by Crippen LogP contribution is 2.29. The average Bonchev–Trinajstić information content (AvgIpc) is 3.36. The standard InChI is InChI=1S/C20H19N3O3/c24-13-16(18-6-3-11-26-18)22-19-8-7-15(12-21-19)20(25)23-10-9-14-4-1-2-5-17(14)23/h1-8,11-12,16,24H,9-10,13H2,(H,21,22)/t16-/m0/s1. The van der Waals surface area contributed by atoms with E-state index in [1.807, 2.05) is 18.2 Å². The van der Waals surface area contributed by atoms with Gasteiger partial charge in [-0.15, -0.1) is 0 Å². The number of anilines is 2. The van der Waals surface area contributed by atoms with Gasteiger partial charge >= 0.3 is 0 Å². The molecule has 0 unspecified atom stereocenters. The summed E-state index contributed by atoms with van der Waals surface area (Å²) in [6.07, 6.45) is 3.99. The Morgan fingerprint density at radius 2 is 2.12 bits per heavy atom. The van der Waals surface area contributed by atoms with Crippen LogP contribution >= 0.6 is 0 Å². The van der Waals surface area contributed by atoms with Crippen LogP contribution in [0, 0.1) is 0 Å². The number of fused-ring (bicyclic) bond motifs is 1. The number of carbonyl (C=O) groups is 1. The number of pyridine rings is 1. The van der Waals surface area contributed by atoms with Gasteiger partial charge in [-0.25, -0.2) is 4.98 Å². The fourth-order valence-electron chi connectivity index (χ4n) is 3.19. The molecule has 6 nitrogen and oxygen atoms in total. The molecule has 1 aliphatic rings.